The minimum absolute atomic E-state index is 0.293. The van der Waals surface area contributed by atoms with Gasteiger partial charge in [-0.15, -0.1) is 0 Å². The Bertz CT molecular complexity index is 543. The Kier molecular flexibility index (Phi) is 3.20. The Balaban J connectivity index is 1.80. The molecule has 3 rings (SSSR count). The monoisotopic (exact) mass is 264 g/mol. The molecule has 1 saturated carbocycles. The van der Waals surface area contributed by atoms with Crippen molar-refractivity contribution < 1.29 is 0 Å². The molecule has 18 heavy (non-hydrogen) atoms. The van der Waals surface area contributed by atoms with Gasteiger partial charge in [0, 0.05) is 12.7 Å². The van der Waals surface area contributed by atoms with Gasteiger partial charge in [-0.3, -0.25) is 0 Å². The van der Waals surface area contributed by atoms with E-state index in [0.29, 0.717) is 5.28 Å². The van der Waals surface area contributed by atoms with E-state index in [-0.39, 0.29) is 0 Å². The summed E-state index contributed by atoms with van der Waals surface area (Å²) in [6.07, 6.45) is 8.80. The molecule has 2 aromatic rings. The Morgan fingerprint density at radius 2 is 2.06 bits per heavy atom. The van der Waals surface area contributed by atoms with E-state index in [1.54, 1.807) is 6.20 Å². The summed E-state index contributed by atoms with van der Waals surface area (Å²) in [4.78, 5) is 8.25. The minimum atomic E-state index is 0.293. The molecule has 0 aliphatic heterocycles. The second-order valence-corrected chi connectivity index (χ2v) is 5.71. The Labute approximate surface area is 111 Å². The Morgan fingerprint density at radius 3 is 2.83 bits per heavy atom. The Hall–Kier alpha value is -1.16. The summed E-state index contributed by atoms with van der Waals surface area (Å²) >= 11 is 5.85. The van der Waals surface area contributed by atoms with Crippen LogP contribution in [-0.2, 0) is 6.54 Å². The van der Waals surface area contributed by atoms with Crippen LogP contribution < -0.4 is 0 Å². The Morgan fingerprint density at radius 1 is 1.28 bits per heavy atom. The van der Waals surface area contributed by atoms with Crippen LogP contribution in [-0.4, -0.2) is 19.7 Å². The molecule has 5 heteroatoms. The fraction of sp³-hybridized carbons (Fsp3) is 0.615. The molecule has 96 valence electrons. The third kappa shape index (κ3) is 2.34. The van der Waals surface area contributed by atoms with Crippen molar-refractivity contribution >= 4 is 22.6 Å². The second-order valence-electron chi connectivity index (χ2n) is 5.37. The largest absolute Gasteiger partial charge is 0.247 e. The lowest BCUT2D eigenvalue weighted by atomic mass is 9.83. The average Bonchev–Trinajstić information content (AvgIpc) is 2.75. The standard InChI is InChI=1S/C13H17ClN4/c1-9-2-4-10(5-3-9)8-18-12-11(7-16-18)6-15-13(14)17-12/h6-7,9-10H,2-5,8H2,1H3. The van der Waals surface area contributed by atoms with Gasteiger partial charge in [0.25, 0.3) is 0 Å². The molecule has 1 fully saturated rings. The van der Waals surface area contributed by atoms with Crippen LogP contribution in [0, 0.1) is 11.8 Å². The highest BCUT2D eigenvalue weighted by molar-refractivity contribution is 6.28. The van der Waals surface area contributed by atoms with Crippen LogP contribution in [0.5, 0.6) is 0 Å². The van der Waals surface area contributed by atoms with E-state index in [0.717, 1.165) is 29.4 Å². The number of fused-ring (bicyclic) bond motifs is 1. The molecule has 0 bridgehead atoms. The molecule has 1 aliphatic rings. The molecule has 0 aromatic carbocycles. The first-order valence-corrected chi connectivity index (χ1v) is 6.94. The van der Waals surface area contributed by atoms with Gasteiger partial charge in [0.15, 0.2) is 5.65 Å². The third-order valence-electron chi connectivity index (χ3n) is 3.91. The molecule has 0 unspecified atom stereocenters. The second kappa shape index (κ2) is 4.84. The van der Waals surface area contributed by atoms with Crippen molar-refractivity contribution in [2.75, 3.05) is 0 Å². The number of rotatable bonds is 2. The molecule has 0 N–H and O–H groups in total. The molecular weight excluding hydrogens is 248 g/mol. The first-order valence-electron chi connectivity index (χ1n) is 6.56. The molecule has 0 radical (unpaired) electrons. The first kappa shape index (κ1) is 11.9. The topological polar surface area (TPSA) is 43.6 Å². The van der Waals surface area contributed by atoms with Gasteiger partial charge in [0.1, 0.15) is 0 Å². The van der Waals surface area contributed by atoms with Gasteiger partial charge in [-0.05, 0) is 36.3 Å². The van der Waals surface area contributed by atoms with Crippen LogP contribution in [0.3, 0.4) is 0 Å². The normalized spacial score (nSPS) is 24.6. The molecule has 2 heterocycles. The van der Waals surface area contributed by atoms with Gasteiger partial charge in [0.2, 0.25) is 5.28 Å². The number of nitrogens with zero attached hydrogens (tertiary/aromatic N) is 4. The van der Waals surface area contributed by atoms with Crippen molar-refractivity contribution in [2.24, 2.45) is 11.8 Å². The fourth-order valence-corrected chi connectivity index (χ4v) is 2.86. The van der Waals surface area contributed by atoms with E-state index >= 15 is 0 Å². The predicted molar refractivity (Wildman–Crippen MR) is 71.5 cm³/mol. The van der Waals surface area contributed by atoms with Crippen LogP contribution in [0.1, 0.15) is 32.6 Å². The number of hydrogen-bond acceptors (Lipinski definition) is 3. The predicted octanol–water partition coefficient (Wildman–Crippen LogP) is 3.31. The quantitative estimate of drug-likeness (QED) is 0.782. The number of halogens is 1. The highest BCUT2D eigenvalue weighted by atomic mass is 35.5. The van der Waals surface area contributed by atoms with Crippen molar-refractivity contribution in [3.8, 4) is 0 Å². The van der Waals surface area contributed by atoms with Gasteiger partial charge in [-0.2, -0.15) is 10.1 Å². The maximum Gasteiger partial charge on any atom is 0.224 e. The lowest BCUT2D eigenvalue weighted by Gasteiger charge is -2.25. The maximum absolute atomic E-state index is 5.85. The molecule has 0 spiro atoms. The summed E-state index contributed by atoms with van der Waals surface area (Å²) in [6, 6.07) is 0. The fourth-order valence-electron chi connectivity index (χ4n) is 2.74. The molecule has 1 aliphatic carbocycles. The molecule has 0 amide bonds. The maximum atomic E-state index is 5.85. The van der Waals surface area contributed by atoms with E-state index in [1.165, 1.54) is 25.7 Å². The lowest BCUT2D eigenvalue weighted by molar-refractivity contribution is 0.260. The molecule has 4 nitrogen and oxygen atoms in total. The number of hydrogen-bond donors (Lipinski definition) is 0. The van der Waals surface area contributed by atoms with E-state index in [2.05, 4.69) is 22.0 Å². The van der Waals surface area contributed by atoms with Crippen LogP contribution in [0.2, 0.25) is 5.28 Å². The molecule has 0 atom stereocenters. The first-order chi connectivity index (χ1) is 8.72. The summed E-state index contributed by atoms with van der Waals surface area (Å²) in [6.45, 7) is 3.29. The van der Waals surface area contributed by atoms with Gasteiger partial charge < -0.3 is 0 Å². The number of aromatic nitrogens is 4. The van der Waals surface area contributed by atoms with E-state index in [4.69, 9.17) is 11.6 Å². The summed E-state index contributed by atoms with van der Waals surface area (Å²) in [5, 5.41) is 5.66. The van der Waals surface area contributed by atoms with Crippen LogP contribution in [0.25, 0.3) is 11.0 Å². The van der Waals surface area contributed by atoms with Gasteiger partial charge in [0.05, 0.1) is 11.6 Å². The SMILES string of the molecule is CC1CCC(Cn2ncc3cnc(Cl)nc32)CC1. The summed E-state index contributed by atoms with van der Waals surface area (Å²) in [5.41, 5.74) is 0.855. The van der Waals surface area contributed by atoms with Gasteiger partial charge in [-0.25, -0.2) is 9.67 Å². The molecule has 0 saturated heterocycles. The van der Waals surface area contributed by atoms with Crippen LogP contribution in [0.4, 0.5) is 0 Å². The molecular formula is C13H17ClN4. The smallest absolute Gasteiger partial charge is 0.224 e. The van der Waals surface area contributed by atoms with Crippen LogP contribution >= 0.6 is 11.6 Å². The van der Waals surface area contributed by atoms with Crippen LogP contribution in [0.15, 0.2) is 12.4 Å². The van der Waals surface area contributed by atoms with Gasteiger partial charge >= 0.3 is 0 Å². The lowest BCUT2D eigenvalue weighted by Crippen LogP contribution is -2.18. The summed E-state index contributed by atoms with van der Waals surface area (Å²) < 4.78 is 1.98. The summed E-state index contributed by atoms with van der Waals surface area (Å²) in [7, 11) is 0. The summed E-state index contributed by atoms with van der Waals surface area (Å²) in [5.74, 6) is 1.60. The van der Waals surface area contributed by atoms with E-state index in [9.17, 15) is 0 Å². The van der Waals surface area contributed by atoms with Crippen molar-refractivity contribution in [1.29, 1.82) is 0 Å². The highest BCUT2D eigenvalue weighted by Gasteiger charge is 2.19. The van der Waals surface area contributed by atoms with Gasteiger partial charge in [-0.1, -0.05) is 19.8 Å². The highest BCUT2D eigenvalue weighted by Crippen LogP contribution is 2.29. The zero-order valence-corrected chi connectivity index (χ0v) is 11.3. The zero-order valence-electron chi connectivity index (χ0n) is 10.5. The zero-order chi connectivity index (χ0) is 12.5. The molecule has 2 aromatic heterocycles. The van der Waals surface area contributed by atoms with E-state index in [1.807, 2.05) is 10.9 Å². The average molecular weight is 265 g/mol. The third-order valence-corrected chi connectivity index (χ3v) is 4.10. The van der Waals surface area contributed by atoms with Crippen molar-refractivity contribution in [3.63, 3.8) is 0 Å². The van der Waals surface area contributed by atoms with Crippen molar-refractivity contribution in [3.05, 3.63) is 17.7 Å². The van der Waals surface area contributed by atoms with E-state index < -0.39 is 0 Å². The van der Waals surface area contributed by atoms with Crippen molar-refractivity contribution in [2.45, 2.75) is 39.2 Å². The van der Waals surface area contributed by atoms with Crippen molar-refractivity contribution in [1.82, 2.24) is 19.7 Å². The minimum Gasteiger partial charge on any atom is -0.247 e.